The molecule has 2 rings (SSSR count). The molecule has 0 N–H and O–H groups in total. The van der Waals surface area contributed by atoms with E-state index in [0.29, 0.717) is 18.2 Å². The van der Waals surface area contributed by atoms with Crippen molar-refractivity contribution in [2.24, 2.45) is 15.0 Å². The third-order valence-corrected chi connectivity index (χ3v) is 3.97. The quantitative estimate of drug-likeness (QED) is 0.331. The third kappa shape index (κ3) is 5.60. The largest absolute Gasteiger partial charge is 0.261 e. The molecule has 2 aromatic rings. The standard InChI is InChI=1S/C22H20BrN3/c1-4-10-18(5-2)21(24-3)26-22(19-13-9-14-20(23)15-19)25-16-17-11-7-6-8-12-17/h4-15H,1-3,16H2/b18-10+,25-22?,26-21?. The predicted molar refractivity (Wildman–Crippen MR) is 116 cm³/mol. The van der Waals surface area contributed by atoms with Crippen LogP contribution in [0.2, 0.25) is 0 Å². The fraction of sp³-hybridized carbons (Fsp3) is 0.0455. The zero-order chi connectivity index (χ0) is 18.8. The minimum absolute atomic E-state index is 0.451. The number of halogens is 1. The molecule has 0 aliphatic heterocycles. The van der Waals surface area contributed by atoms with Gasteiger partial charge in [-0.15, -0.1) is 0 Å². The Kier molecular flexibility index (Phi) is 7.65. The summed E-state index contributed by atoms with van der Waals surface area (Å²) >= 11 is 3.50. The van der Waals surface area contributed by atoms with Crippen molar-refractivity contribution >= 4 is 34.3 Å². The fourth-order valence-electron chi connectivity index (χ4n) is 2.22. The average molecular weight is 406 g/mol. The maximum atomic E-state index is 4.70. The Hall–Kier alpha value is -2.85. The minimum atomic E-state index is 0.451. The lowest BCUT2D eigenvalue weighted by atomic mass is 10.2. The highest BCUT2D eigenvalue weighted by atomic mass is 79.9. The molecular formula is C22H20BrN3. The molecule has 0 atom stereocenters. The van der Waals surface area contributed by atoms with Gasteiger partial charge in [-0.05, 0) is 24.4 Å². The second kappa shape index (κ2) is 10.2. The van der Waals surface area contributed by atoms with Crippen molar-refractivity contribution in [3.63, 3.8) is 0 Å². The molecule has 0 fully saturated rings. The van der Waals surface area contributed by atoms with Crippen molar-refractivity contribution in [3.05, 3.63) is 107 Å². The highest BCUT2D eigenvalue weighted by molar-refractivity contribution is 9.10. The topological polar surface area (TPSA) is 37.1 Å². The zero-order valence-electron chi connectivity index (χ0n) is 14.5. The number of hydrogen-bond donors (Lipinski definition) is 0. The van der Waals surface area contributed by atoms with E-state index in [9.17, 15) is 0 Å². The van der Waals surface area contributed by atoms with Crippen molar-refractivity contribution in [1.29, 1.82) is 0 Å². The van der Waals surface area contributed by atoms with Crippen molar-refractivity contribution in [3.8, 4) is 0 Å². The van der Waals surface area contributed by atoms with Crippen LogP contribution in [0.3, 0.4) is 0 Å². The monoisotopic (exact) mass is 405 g/mol. The molecule has 0 spiro atoms. The lowest BCUT2D eigenvalue weighted by Crippen LogP contribution is -2.06. The molecular weight excluding hydrogens is 386 g/mol. The summed E-state index contributed by atoms with van der Waals surface area (Å²) in [6.07, 6.45) is 5.12. The summed E-state index contributed by atoms with van der Waals surface area (Å²) in [4.78, 5) is 13.4. The molecule has 4 heteroatoms. The van der Waals surface area contributed by atoms with Crippen molar-refractivity contribution < 1.29 is 0 Å². The van der Waals surface area contributed by atoms with Crippen LogP contribution in [-0.4, -0.2) is 18.4 Å². The van der Waals surface area contributed by atoms with Gasteiger partial charge in [0.15, 0.2) is 11.7 Å². The van der Waals surface area contributed by atoms with Gasteiger partial charge >= 0.3 is 0 Å². The van der Waals surface area contributed by atoms with Gasteiger partial charge in [-0.3, -0.25) is 4.99 Å². The Bertz CT molecular complexity index is 877. The molecule has 0 aliphatic carbocycles. The summed E-state index contributed by atoms with van der Waals surface area (Å²) in [6.45, 7) is 11.7. The van der Waals surface area contributed by atoms with Crippen molar-refractivity contribution in [2.75, 3.05) is 0 Å². The summed E-state index contributed by atoms with van der Waals surface area (Å²) < 4.78 is 0.955. The summed E-state index contributed by atoms with van der Waals surface area (Å²) in [5.74, 6) is 1.03. The van der Waals surface area contributed by atoms with Crippen LogP contribution in [0.1, 0.15) is 11.1 Å². The van der Waals surface area contributed by atoms with Gasteiger partial charge in [0.05, 0.1) is 6.54 Å². The second-order valence-corrected chi connectivity index (χ2v) is 6.21. The fourth-order valence-corrected chi connectivity index (χ4v) is 2.62. The molecule has 26 heavy (non-hydrogen) atoms. The number of aliphatic imine (C=N–C) groups is 3. The average Bonchev–Trinajstić information content (AvgIpc) is 2.67. The SMILES string of the molecule is C=C/C=C(\C=C)C(N=C)=NC(=NCc1ccccc1)c1cccc(Br)c1. The molecule has 2 aromatic carbocycles. The molecule has 0 saturated heterocycles. The number of benzene rings is 2. The molecule has 0 aromatic heterocycles. The van der Waals surface area contributed by atoms with Crippen LogP contribution in [0.5, 0.6) is 0 Å². The molecule has 130 valence electrons. The first-order chi connectivity index (χ1) is 12.7. The first kappa shape index (κ1) is 19.5. The van der Waals surface area contributed by atoms with Gasteiger partial charge in [-0.1, -0.05) is 89.8 Å². The van der Waals surface area contributed by atoms with Gasteiger partial charge in [0.2, 0.25) is 0 Å². The Morgan fingerprint density at radius 2 is 1.81 bits per heavy atom. The van der Waals surface area contributed by atoms with E-state index in [4.69, 9.17) is 4.99 Å². The smallest absolute Gasteiger partial charge is 0.160 e. The Morgan fingerprint density at radius 3 is 2.42 bits per heavy atom. The summed E-state index contributed by atoms with van der Waals surface area (Å²) in [5, 5.41) is 0. The van der Waals surface area contributed by atoms with Gasteiger partial charge in [-0.25, -0.2) is 9.98 Å². The lowest BCUT2D eigenvalue weighted by Gasteiger charge is -2.06. The lowest BCUT2D eigenvalue weighted by molar-refractivity contribution is 1.06. The van der Waals surface area contributed by atoms with Crippen LogP contribution in [0.25, 0.3) is 0 Å². The second-order valence-electron chi connectivity index (χ2n) is 5.29. The summed E-state index contributed by atoms with van der Waals surface area (Å²) in [6, 6.07) is 17.9. The molecule has 0 bridgehead atoms. The van der Waals surface area contributed by atoms with Crippen LogP contribution < -0.4 is 0 Å². The molecule has 0 saturated carbocycles. The van der Waals surface area contributed by atoms with Gasteiger partial charge in [0.25, 0.3) is 0 Å². The van der Waals surface area contributed by atoms with E-state index in [-0.39, 0.29) is 0 Å². The van der Waals surface area contributed by atoms with Gasteiger partial charge in [0, 0.05) is 15.6 Å². The third-order valence-electron chi connectivity index (χ3n) is 3.47. The summed E-state index contributed by atoms with van der Waals surface area (Å²) in [7, 11) is 0. The predicted octanol–water partition coefficient (Wildman–Crippen LogP) is 5.79. The number of nitrogens with zero attached hydrogens (tertiary/aromatic N) is 3. The highest BCUT2D eigenvalue weighted by Crippen LogP contribution is 2.15. The molecule has 0 amide bonds. The molecule has 0 radical (unpaired) electrons. The van der Waals surface area contributed by atoms with Crippen LogP contribution >= 0.6 is 15.9 Å². The minimum Gasteiger partial charge on any atom is -0.261 e. The Morgan fingerprint density at radius 1 is 1.04 bits per heavy atom. The van der Waals surface area contributed by atoms with E-state index in [1.165, 1.54) is 0 Å². The van der Waals surface area contributed by atoms with Crippen LogP contribution in [-0.2, 0) is 6.54 Å². The van der Waals surface area contributed by atoms with Crippen LogP contribution in [0.15, 0.2) is 111 Å². The van der Waals surface area contributed by atoms with E-state index in [1.54, 1.807) is 18.2 Å². The van der Waals surface area contributed by atoms with Gasteiger partial charge in [0.1, 0.15) is 0 Å². The van der Waals surface area contributed by atoms with Crippen LogP contribution in [0, 0.1) is 0 Å². The Balaban J connectivity index is 2.50. The molecule has 3 nitrogen and oxygen atoms in total. The van der Waals surface area contributed by atoms with Crippen molar-refractivity contribution in [2.45, 2.75) is 6.54 Å². The molecule has 0 unspecified atom stereocenters. The number of rotatable bonds is 6. The number of allylic oxidation sites excluding steroid dienone is 2. The first-order valence-corrected chi connectivity index (χ1v) is 8.82. The normalized spacial score (nSPS) is 12.6. The Labute approximate surface area is 163 Å². The van der Waals surface area contributed by atoms with E-state index in [1.807, 2.05) is 54.6 Å². The first-order valence-electron chi connectivity index (χ1n) is 8.03. The summed E-state index contributed by atoms with van der Waals surface area (Å²) in [5.41, 5.74) is 2.73. The van der Waals surface area contributed by atoms with Gasteiger partial charge in [-0.2, -0.15) is 0 Å². The van der Waals surface area contributed by atoms with Crippen molar-refractivity contribution in [1.82, 2.24) is 0 Å². The molecule has 0 aliphatic rings. The number of amidine groups is 2. The molecule has 0 heterocycles. The maximum Gasteiger partial charge on any atom is 0.160 e. The van der Waals surface area contributed by atoms with E-state index >= 15 is 0 Å². The van der Waals surface area contributed by atoms with E-state index in [2.05, 4.69) is 45.8 Å². The van der Waals surface area contributed by atoms with Crippen LogP contribution in [0.4, 0.5) is 0 Å². The zero-order valence-corrected chi connectivity index (χ0v) is 16.1. The maximum absolute atomic E-state index is 4.70. The number of hydrogen-bond acceptors (Lipinski definition) is 1. The van der Waals surface area contributed by atoms with Gasteiger partial charge < -0.3 is 0 Å². The van der Waals surface area contributed by atoms with E-state index < -0.39 is 0 Å². The van der Waals surface area contributed by atoms with E-state index in [0.717, 1.165) is 21.2 Å². The highest BCUT2D eigenvalue weighted by Gasteiger charge is 2.07.